The Balaban J connectivity index is 1.34. The molecule has 1 unspecified atom stereocenters. The molecule has 0 spiro atoms. The van der Waals surface area contributed by atoms with Crippen LogP contribution in [0.5, 0.6) is 0 Å². The van der Waals surface area contributed by atoms with Gasteiger partial charge in [0, 0.05) is 30.3 Å². The number of rotatable bonds is 4. The highest BCUT2D eigenvalue weighted by molar-refractivity contribution is 6.02. The lowest BCUT2D eigenvalue weighted by atomic mass is 9.88. The summed E-state index contributed by atoms with van der Waals surface area (Å²) >= 11 is 0. The molecular weight excluding hydrogens is 455 g/mol. The molecule has 1 aromatic heterocycles. The molecule has 34 heavy (non-hydrogen) atoms. The van der Waals surface area contributed by atoms with E-state index in [9.17, 15) is 27.6 Å². The van der Waals surface area contributed by atoms with E-state index in [0.29, 0.717) is 37.9 Å². The van der Waals surface area contributed by atoms with Crippen molar-refractivity contribution >= 4 is 17.7 Å². The van der Waals surface area contributed by atoms with Gasteiger partial charge in [0.05, 0.1) is 6.04 Å². The third-order valence-corrected chi connectivity index (χ3v) is 6.69. The fourth-order valence-electron chi connectivity index (χ4n) is 4.97. The Hall–Kier alpha value is -3.44. The molecule has 1 aromatic carbocycles. The Morgan fingerprint density at radius 3 is 2.68 bits per heavy atom. The number of nitrogens with one attached hydrogen (secondary N) is 2. The van der Waals surface area contributed by atoms with Gasteiger partial charge < -0.3 is 20.1 Å². The van der Waals surface area contributed by atoms with Crippen LogP contribution >= 0.6 is 0 Å². The molecule has 0 radical (unpaired) electrons. The molecule has 1 saturated carbocycles. The molecule has 3 aliphatic rings. The topological polar surface area (TPSA) is 117 Å². The highest BCUT2D eigenvalue weighted by Crippen LogP contribution is 2.34. The number of hydrogen-bond acceptors (Lipinski definition) is 6. The summed E-state index contributed by atoms with van der Waals surface area (Å²) in [6, 6.07) is 4.18. The molecule has 0 bridgehead atoms. The van der Waals surface area contributed by atoms with Crippen LogP contribution in [0.25, 0.3) is 11.4 Å². The van der Waals surface area contributed by atoms with Crippen molar-refractivity contribution in [3.8, 4) is 11.4 Å². The molecule has 180 valence electrons. The number of fused-ring (bicyclic) bond motifs is 1. The molecule has 3 amide bonds. The van der Waals surface area contributed by atoms with E-state index in [0.717, 1.165) is 18.4 Å². The van der Waals surface area contributed by atoms with Crippen molar-refractivity contribution in [1.29, 1.82) is 0 Å². The molecule has 2 fully saturated rings. The van der Waals surface area contributed by atoms with Crippen molar-refractivity contribution in [2.75, 3.05) is 6.54 Å². The standard InChI is InChI=1S/C22H22F3N5O4/c23-22(24,25)21-28-17(29-34-21)11-5-6-12-10-30(20(33)14(12)9-11)16-4-2-1-3-15(16)27-19(32)13-7-8-26-18(13)31/h5-6,9,13,15-16H,1-4,7-8,10H2,(H,26,31)(H,27,32)/t13?,15-,16-/m1/s1. The van der Waals surface area contributed by atoms with Crippen LogP contribution in [0.4, 0.5) is 13.2 Å². The lowest BCUT2D eigenvalue weighted by Gasteiger charge is -2.38. The number of alkyl halides is 3. The van der Waals surface area contributed by atoms with Crippen molar-refractivity contribution < 1.29 is 32.1 Å². The number of carbonyl (C=O) groups is 3. The van der Waals surface area contributed by atoms with E-state index in [4.69, 9.17) is 0 Å². The van der Waals surface area contributed by atoms with Gasteiger partial charge in [0.25, 0.3) is 5.91 Å². The summed E-state index contributed by atoms with van der Waals surface area (Å²) in [7, 11) is 0. The van der Waals surface area contributed by atoms with Gasteiger partial charge in [-0.15, -0.1) is 0 Å². The fraction of sp³-hybridized carbons (Fsp3) is 0.500. The molecule has 1 saturated heterocycles. The number of nitrogens with zero attached hydrogens (tertiary/aromatic N) is 3. The highest BCUT2D eigenvalue weighted by Gasteiger charge is 2.41. The van der Waals surface area contributed by atoms with E-state index in [-0.39, 0.29) is 41.2 Å². The first-order chi connectivity index (χ1) is 16.2. The number of hydrogen-bond donors (Lipinski definition) is 2. The van der Waals surface area contributed by atoms with Gasteiger partial charge in [-0.2, -0.15) is 18.2 Å². The summed E-state index contributed by atoms with van der Waals surface area (Å²) in [6.07, 6.45) is -1.11. The minimum Gasteiger partial charge on any atom is -0.355 e. The van der Waals surface area contributed by atoms with Gasteiger partial charge in [0.1, 0.15) is 5.92 Å². The minimum absolute atomic E-state index is 0.243. The molecule has 5 rings (SSSR count). The minimum atomic E-state index is -4.76. The summed E-state index contributed by atoms with van der Waals surface area (Å²) in [5.41, 5.74) is 1.34. The molecule has 2 aromatic rings. The average Bonchev–Trinajstić information content (AvgIpc) is 3.53. The van der Waals surface area contributed by atoms with E-state index in [1.165, 1.54) is 6.07 Å². The first-order valence-corrected chi connectivity index (χ1v) is 11.2. The third kappa shape index (κ3) is 4.01. The normalized spacial score (nSPS) is 24.8. The number of halogens is 3. The van der Waals surface area contributed by atoms with Gasteiger partial charge >= 0.3 is 12.1 Å². The summed E-state index contributed by atoms with van der Waals surface area (Å²) in [4.78, 5) is 42.9. The van der Waals surface area contributed by atoms with Gasteiger partial charge in [-0.1, -0.05) is 30.1 Å². The van der Waals surface area contributed by atoms with E-state index in [1.807, 2.05) is 0 Å². The van der Waals surface area contributed by atoms with Crippen molar-refractivity contribution in [2.24, 2.45) is 5.92 Å². The van der Waals surface area contributed by atoms with E-state index in [2.05, 4.69) is 25.3 Å². The summed E-state index contributed by atoms with van der Waals surface area (Å²) < 4.78 is 42.7. The largest absolute Gasteiger partial charge is 0.471 e. The van der Waals surface area contributed by atoms with E-state index < -0.39 is 18.0 Å². The van der Waals surface area contributed by atoms with Crippen LogP contribution in [0.15, 0.2) is 22.7 Å². The maximum atomic E-state index is 13.3. The van der Waals surface area contributed by atoms with Crippen LogP contribution < -0.4 is 10.6 Å². The van der Waals surface area contributed by atoms with Crippen LogP contribution in [-0.2, 0) is 22.3 Å². The lowest BCUT2D eigenvalue weighted by Crippen LogP contribution is -2.54. The third-order valence-electron chi connectivity index (χ3n) is 6.69. The Morgan fingerprint density at radius 1 is 1.18 bits per heavy atom. The SMILES string of the molecule is O=C1NCCC1C(=O)N[C@@H]1CCCC[C@H]1N1Cc2ccc(-c3noc(C(F)(F)F)n3)cc2C1=O. The quantitative estimate of drug-likeness (QED) is 0.653. The van der Waals surface area contributed by atoms with Crippen molar-refractivity contribution in [3.05, 3.63) is 35.2 Å². The maximum Gasteiger partial charge on any atom is 0.471 e. The molecular formula is C22H22F3N5O4. The molecule has 3 atom stereocenters. The smallest absolute Gasteiger partial charge is 0.355 e. The Kier molecular flexibility index (Phi) is 5.53. The van der Waals surface area contributed by atoms with Crippen LogP contribution in [0.3, 0.4) is 0 Å². The molecule has 2 aliphatic heterocycles. The van der Waals surface area contributed by atoms with Crippen LogP contribution in [0.1, 0.15) is 53.9 Å². The molecule has 3 heterocycles. The second-order valence-electron chi connectivity index (χ2n) is 8.83. The number of benzene rings is 1. The van der Waals surface area contributed by atoms with Crippen molar-refractivity contribution in [3.63, 3.8) is 0 Å². The van der Waals surface area contributed by atoms with Crippen molar-refractivity contribution in [2.45, 2.75) is 56.9 Å². The Morgan fingerprint density at radius 2 is 1.97 bits per heavy atom. The lowest BCUT2D eigenvalue weighted by molar-refractivity contribution is -0.159. The van der Waals surface area contributed by atoms with E-state index >= 15 is 0 Å². The zero-order chi connectivity index (χ0) is 24.0. The van der Waals surface area contributed by atoms with Crippen LogP contribution in [0.2, 0.25) is 0 Å². The Bertz CT molecular complexity index is 1150. The zero-order valence-corrected chi connectivity index (χ0v) is 18.0. The summed E-state index contributed by atoms with van der Waals surface area (Å²) in [5.74, 6) is -3.28. The van der Waals surface area contributed by atoms with Gasteiger partial charge in [0.15, 0.2) is 0 Å². The van der Waals surface area contributed by atoms with Crippen molar-refractivity contribution in [1.82, 2.24) is 25.7 Å². The first kappa shape index (κ1) is 22.4. The molecule has 2 N–H and O–H groups in total. The van der Waals surface area contributed by atoms with Gasteiger partial charge in [-0.05, 0) is 30.9 Å². The monoisotopic (exact) mass is 477 g/mol. The summed E-state index contributed by atoms with van der Waals surface area (Å²) in [5, 5.41) is 9.03. The number of carbonyl (C=O) groups excluding carboxylic acids is 3. The maximum absolute atomic E-state index is 13.3. The Labute approximate surface area is 192 Å². The first-order valence-electron chi connectivity index (χ1n) is 11.2. The molecule has 9 nitrogen and oxygen atoms in total. The van der Waals surface area contributed by atoms with E-state index in [1.54, 1.807) is 17.0 Å². The number of aromatic nitrogens is 2. The van der Waals surface area contributed by atoms with Gasteiger partial charge in [0.2, 0.25) is 17.6 Å². The number of amides is 3. The molecule has 1 aliphatic carbocycles. The second kappa shape index (κ2) is 8.41. The predicted octanol–water partition coefficient (Wildman–Crippen LogP) is 2.27. The summed E-state index contributed by atoms with van der Waals surface area (Å²) in [6.45, 7) is 0.799. The zero-order valence-electron chi connectivity index (χ0n) is 18.0. The molecule has 12 heteroatoms. The predicted molar refractivity (Wildman–Crippen MR) is 110 cm³/mol. The highest BCUT2D eigenvalue weighted by atomic mass is 19.4. The van der Waals surface area contributed by atoms with Crippen LogP contribution in [-0.4, -0.2) is 51.4 Å². The van der Waals surface area contributed by atoms with Gasteiger partial charge in [-0.3, -0.25) is 14.4 Å². The van der Waals surface area contributed by atoms with Crippen LogP contribution in [0, 0.1) is 5.92 Å². The fourth-order valence-corrected chi connectivity index (χ4v) is 4.97. The second-order valence-corrected chi connectivity index (χ2v) is 8.83. The van der Waals surface area contributed by atoms with Gasteiger partial charge in [-0.25, -0.2) is 0 Å². The average molecular weight is 477 g/mol.